The number of hydrogen-bond acceptors (Lipinski definition) is 3. The van der Waals surface area contributed by atoms with Crippen LogP contribution in [0.15, 0.2) is 30.5 Å². The van der Waals surface area contributed by atoms with Crippen molar-refractivity contribution in [2.75, 3.05) is 6.61 Å². The van der Waals surface area contributed by atoms with Gasteiger partial charge in [-0.05, 0) is 38.5 Å². The van der Waals surface area contributed by atoms with E-state index in [9.17, 15) is 9.90 Å². The molecule has 1 aromatic heterocycles. The highest BCUT2D eigenvalue weighted by molar-refractivity contribution is 5.84. The van der Waals surface area contributed by atoms with E-state index < -0.39 is 17.7 Å². The van der Waals surface area contributed by atoms with Gasteiger partial charge in [-0.25, -0.2) is 4.79 Å². The van der Waals surface area contributed by atoms with Crippen LogP contribution >= 0.6 is 0 Å². The molecule has 2 aromatic rings. The molecule has 2 rings (SSSR count). The summed E-state index contributed by atoms with van der Waals surface area (Å²) in [4.78, 5) is 11.9. The molecule has 1 atom stereocenters. The summed E-state index contributed by atoms with van der Waals surface area (Å²) in [7, 11) is 1.96. The molecule has 0 saturated heterocycles. The number of fused-ring (bicyclic) bond motifs is 1. The number of aliphatic hydroxyl groups excluding tert-OH is 1. The molecule has 0 fully saturated rings. The van der Waals surface area contributed by atoms with E-state index in [1.54, 1.807) is 20.8 Å². The van der Waals surface area contributed by atoms with Crippen molar-refractivity contribution >= 4 is 17.0 Å². The van der Waals surface area contributed by atoms with Crippen LogP contribution in [0.2, 0.25) is 0 Å². The third kappa shape index (κ3) is 3.55. The summed E-state index contributed by atoms with van der Waals surface area (Å²) >= 11 is 0. The van der Waals surface area contributed by atoms with Crippen molar-refractivity contribution in [3.63, 3.8) is 0 Å². The largest absolute Gasteiger partial charge is 0.444 e. The molecule has 2 N–H and O–H groups in total. The van der Waals surface area contributed by atoms with Crippen LogP contribution < -0.4 is 5.32 Å². The fourth-order valence-corrected chi connectivity index (χ4v) is 2.30. The van der Waals surface area contributed by atoms with Crippen molar-refractivity contribution in [3.8, 4) is 0 Å². The third-order valence-electron chi connectivity index (χ3n) is 3.21. The normalized spacial score (nSPS) is 13.2. The highest BCUT2D eigenvalue weighted by Gasteiger charge is 2.21. The van der Waals surface area contributed by atoms with E-state index in [4.69, 9.17) is 4.74 Å². The lowest BCUT2D eigenvalue weighted by Gasteiger charge is -2.23. The van der Waals surface area contributed by atoms with Crippen molar-refractivity contribution < 1.29 is 14.6 Å². The Morgan fingerprint density at radius 1 is 1.38 bits per heavy atom. The number of nitrogens with one attached hydrogen (secondary N) is 1. The molecule has 1 aromatic carbocycles. The number of aliphatic hydroxyl groups is 1. The summed E-state index contributed by atoms with van der Waals surface area (Å²) in [6.07, 6.45) is 1.42. The van der Waals surface area contributed by atoms with Gasteiger partial charge in [-0.2, -0.15) is 0 Å². The molecule has 0 aliphatic rings. The lowest BCUT2D eigenvalue weighted by atomic mass is 10.0. The summed E-state index contributed by atoms with van der Waals surface area (Å²) in [5.41, 5.74) is 1.36. The minimum atomic E-state index is -0.567. The first kappa shape index (κ1) is 15.4. The molecule has 0 aliphatic heterocycles. The maximum Gasteiger partial charge on any atom is 0.408 e. The van der Waals surface area contributed by atoms with Crippen molar-refractivity contribution in [1.29, 1.82) is 0 Å². The number of amides is 1. The molecule has 0 aliphatic carbocycles. The van der Waals surface area contributed by atoms with Gasteiger partial charge in [0.05, 0.1) is 12.6 Å². The number of ether oxygens (including phenoxy) is 1. The maximum atomic E-state index is 11.9. The van der Waals surface area contributed by atoms with E-state index in [-0.39, 0.29) is 6.61 Å². The number of rotatable bonds is 3. The summed E-state index contributed by atoms with van der Waals surface area (Å²) in [6, 6.07) is 7.30. The molecule has 0 saturated carbocycles. The summed E-state index contributed by atoms with van der Waals surface area (Å²) in [5.74, 6) is 0. The van der Waals surface area contributed by atoms with Gasteiger partial charge in [0.1, 0.15) is 5.60 Å². The van der Waals surface area contributed by atoms with E-state index in [1.165, 1.54) is 0 Å². The standard InChI is InChI=1S/C16H22N2O3/c1-16(2,3)21-15(20)17-13(10-19)11-6-5-7-14-12(11)8-9-18(14)4/h5-9,13,19H,10H2,1-4H3,(H,17,20). The Bertz CT molecular complexity index is 640. The Hall–Kier alpha value is -2.01. The number of aryl methyl sites for hydroxylation is 1. The van der Waals surface area contributed by atoms with Gasteiger partial charge in [0.2, 0.25) is 0 Å². The number of nitrogens with zero attached hydrogens (tertiary/aromatic N) is 1. The third-order valence-corrected chi connectivity index (χ3v) is 3.21. The second-order valence-electron chi connectivity index (χ2n) is 6.09. The minimum absolute atomic E-state index is 0.187. The molecule has 5 nitrogen and oxygen atoms in total. The zero-order valence-electron chi connectivity index (χ0n) is 12.9. The quantitative estimate of drug-likeness (QED) is 0.913. The fraction of sp³-hybridized carbons (Fsp3) is 0.438. The predicted octanol–water partition coefficient (Wildman–Crippen LogP) is 2.74. The van der Waals surface area contributed by atoms with Crippen molar-refractivity contribution in [2.45, 2.75) is 32.4 Å². The van der Waals surface area contributed by atoms with Crippen LogP contribution in [0.25, 0.3) is 10.9 Å². The summed E-state index contributed by atoms with van der Waals surface area (Å²) < 4.78 is 7.24. The van der Waals surface area contributed by atoms with Crippen LogP contribution in [0.3, 0.4) is 0 Å². The van der Waals surface area contributed by atoms with Crippen LogP contribution in [-0.2, 0) is 11.8 Å². The average Bonchev–Trinajstić information content (AvgIpc) is 2.76. The molecule has 1 heterocycles. The van der Waals surface area contributed by atoms with Crippen LogP contribution in [0.1, 0.15) is 32.4 Å². The van der Waals surface area contributed by atoms with Gasteiger partial charge in [0, 0.05) is 24.1 Å². The number of carbonyl (C=O) groups excluding carboxylic acids is 1. The molecule has 0 radical (unpaired) electrons. The monoisotopic (exact) mass is 290 g/mol. The second kappa shape index (κ2) is 5.77. The molecule has 0 bridgehead atoms. The van der Waals surface area contributed by atoms with E-state index in [1.807, 2.05) is 42.1 Å². The summed E-state index contributed by atoms with van der Waals surface area (Å²) in [6.45, 7) is 5.22. The lowest BCUT2D eigenvalue weighted by molar-refractivity contribution is 0.0482. The molecule has 1 amide bonds. The average molecular weight is 290 g/mol. The molecule has 21 heavy (non-hydrogen) atoms. The Morgan fingerprint density at radius 3 is 2.71 bits per heavy atom. The van der Waals surface area contributed by atoms with E-state index in [0.717, 1.165) is 16.5 Å². The van der Waals surface area contributed by atoms with Gasteiger partial charge in [0.15, 0.2) is 0 Å². The first-order valence-corrected chi connectivity index (χ1v) is 6.96. The van der Waals surface area contributed by atoms with Gasteiger partial charge in [0.25, 0.3) is 0 Å². The molecule has 1 unspecified atom stereocenters. The highest BCUT2D eigenvalue weighted by Crippen LogP contribution is 2.25. The zero-order valence-corrected chi connectivity index (χ0v) is 12.9. The Morgan fingerprint density at radius 2 is 2.10 bits per heavy atom. The molecule has 5 heteroatoms. The maximum absolute atomic E-state index is 11.9. The van der Waals surface area contributed by atoms with Crippen LogP contribution in [0.5, 0.6) is 0 Å². The minimum Gasteiger partial charge on any atom is -0.444 e. The Kier molecular flexibility index (Phi) is 4.23. The smallest absolute Gasteiger partial charge is 0.408 e. The highest BCUT2D eigenvalue weighted by atomic mass is 16.6. The van der Waals surface area contributed by atoms with E-state index >= 15 is 0 Å². The van der Waals surface area contributed by atoms with Crippen molar-refractivity contribution in [1.82, 2.24) is 9.88 Å². The van der Waals surface area contributed by atoms with E-state index in [0.29, 0.717) is 0 Å². The molecule has 0 spiro atoms. The number of hydrogen-bond donors (Lipinski definition) is 2. The van der Waals surface area contributed by atoms with Crippen LogP contribution in [0.4, 0.5) is 4.79 Å². The van der Waals surface area contributed by atoms with Gasteiger partial charge < -0.3 is 19.7 Å². The lowest BCUT2D eigenvalue weighted by Crippen LogP contribution is -2.36. The Balaban J connectivity index is 2.26. The van der Waals surface area contributed by atoms with Crippen molar-refractivity contribution in [2.24, 2.45) is 7.05 Å². The number of aromatic nitrogens is 1. The molecule has 114 valence electrons. The Labute approximate surface area is 124 Å². The van der Waals surface area contributed by atoms with Crippen LogP contribution in [0, 0.1) is 0 Å². The zero-order chi connectivity index (χ0) is 15.6. The summed E-state index contributed by atoms with van der Waals surface area (Å²) in [5, 5.41) is 13.3. The fourth-order valence-electron chi connectivity index (χ4n) is 2.30. The van der Waals surface area contributed by atoms with Gasteiger partial charge in [-0.3, -0.25) is 0 Å². The van der Waals surface area contributed by atoms with Crippen LogP contribution in [-0.4, -0.2) is 28.0 Å². The van der Waals surface area contributed by atoms with Gasteiger partial charge >= 0.3 is 6.09 Å². The van der Waals surface area contributed by atoms with Crippen molar-refractivity contribution in [3.05, 3.63) is 36.0 Å². The first-order chi connectivity index (χ1) is 9.81. The van der Waals surface area contributed by atoms with Gasteiger partial charge in [-0.1, -0.05) is 12.1 Å². The number of benzene rings is 1. The molecular weight excluding hydrogens is 268 g/mol. The number of alkyl carbamates (subject to hydrolysis) is 1. The SMILES string of the molecule is Cn1ccc2c(C(CO)NC(=O)OC(C)(C)C)cccc21. The second-order valence-corrected chi connectivity index (χ2v) is 6.09. The molecular formula is C16H22N2O3. The topological polar surface area (TPSA) is 63.5 Å². The predicted molar refractivity (Wildman–Crippen MR) is 82.1 cm³/mol. The van der Waals surface area contributed by atoms with E-state index in [2.05, 4.69) is 5.32 Å². The first-order valence-electron chi connectivity index (χ1n) is 6.96. The number of carbonyl (C=O) groups is 1. The van der Waals surface area contributed by atoms with Gasteiger partial charge in [-0.15, -0.1) is 0 Å².